The smallest absolute Gasteiger partial charge is 0.296 e. The minimum Gasteiger partial charge on any atom is -0.370 e. The lowest BCUT2D eigenvalue weighted by molar-refractivity contribution is -0.396. The molecule has 0 aliphatic carbocycles. The van der Waals surface area contributed by atoms with E-state index in [9.17, 15) is 38.2 Å². The third-order valence-electron chi connectivity index (χ3n) is 5.25. The Morgan fingerprint density at radius 3 is 2.23 bits per heavy atom. The zero-order valence-corrected chi connectivity index (χ0v) is 21.1. The Balaban J connectivity index is 2.25. The van der Waals surface area contributed by atoms with Crippen molar-refractivity contribution in [2.45, 2.75) is 36.2 Å². The van der Waals surface area contributed by atoms with Crippen LogP contribution in [0.15, 0.2) is 53.4 Å². The normalized spacial score (nSPS) is 12.6. The van der Waals surface area contributed by atoms with Crippen molar-refractivity contribution in [1.29, 1.82) is 5.41 Å². The molecule has 0 aliphatic rings. The molecule has 0 fully saturated rings. The minimum atomic E-state index is -4.71. The van der Waals surface area contributed by atoms with Gasteiger partial charge in [0.05, 0.1) is 15.9 Å². The number of benzene rings is 2. The van der Waals surface area contributed by atoms with Crippen molar-refractivity contribution in [3.8, 4) is 0 Å². The second-order valence-corrected chi connectivity index (χ2v) is 9.76. The number of hydrazine groups is 1. The molecule has 0 aliphatic heterocycles. The molecule has 0 aromatic heterocycles. The van der Waals surface area contributed by atoms with Crippen molar-refractivity contribution in [3.63, 3.8) is 0 Å². The summed E-state index contributed by atoms with van der Waals surface area (Å²) in [5, 5.41) is 34.5. The van der Waals surface area contributed by atoms with Gasteiger partial charge in [0.15, 0.2) is 10.9 Å². The summed E-state index contributed by atoms with van der Waals surface area (Å²) in [4.78, 5) is 46.3. The highest BCUT2D eigenvalue weighted by molar-refractivity contribution is 7.89. The minimum absolute atomic E-state index is 0.0478. The first-order valence-corrected chi connectivity index (χ1v) is 12.7. The summed E-state index contributed by atoms with van der Waals surface area (Å²) in [6, 6.07) is 8.16. The van der Waals surface area contributed by atoms with E-state index >= 15 is 0 Å². The van der Waals surface area contributed by atoms with Gasteiger partial charge in [0.1, 0.15) is 12.1 Å². The standard InChI is InChI=1S/C21H27N9O8S/c22-19(31)16(11-13-5-2-1-3-6-13)26-20(32)15(7-4-10-25-21(23)24)27-28-39(37,38)18-9-8-14(29(33)34)12-17(18)30(35)36/h1-3,5-6,8-9,12,15-16,27-28H,4,7,10-11H2,(H2,22,31)(H,26,32)(H4,23,24,25)/t15-,16-/m0/s1. The summed E-state index contributed by atoms with van der Waals surface area (Å²) in [5.74, 6) is -1.99. The van der Waals surface area contributed by atoms with Crippen LogP contribution in [0.4, 0.5) is 11.4 Å². The quantitative estimate of drug-likeness (QED) is 0.0458. The molecular formula is C21H27N9O8S. The van der Waals surface area contributed by atoms with Crippen molar-refractivity contribution in [3.05, 3.63) is 74.3 Å². The van der Waals surface area contributed by atoms with Gasteiger partial charge in [-0.15, -0.1) is 4.83 Å². The van der Waals surface area contributed by atoms with Crippen LogP contribution in [0.5, 0.6) is 0 Å². The highest BCUT2D eigenvalue weighted by atomic mass is 32.2. The third kappa shape index (κ3) is 9.29. The molecule has 2 rings (SSSR count). The Hall–Kier alpha value is -4.68. The van der Waals surface area contributed by atoms with Crippen molar-refractivity contribution >= 4 is 39.2 Å². The molecule has 0 saturated carbocycles. The molecule has 0 saturated heterocycles. The van der Waals surface area contributed by atoms with Crippen LogP contribution in [0, 0.1) is 25.6 Å². The summed E-state index contributed by atoms with van der Waals surface area (Å²) in [5.41, 5.74) is 11.9. The number of rotatable bonds is 15. The van der Waals surface area contributed by atoms with Crippen LogP contribution in [0.25, 0.3) is 0 Å². The average Bonchev–Trinajstić information content (AvgIpc) is 2.87. The van der Waals surface area contributed by atoms with Crippen molar-refractivity contribution in [2.75, 3.05) is 6.54 Å². The molecule has 2 amide bonds. The lowest BCUT2D eigenvalue weighted by Crippen LogP contribution is -2.56. The van der Waals surface area contributed by atoms with Gasteiger partial charge in [0.2, 0.25) is 11.8 Å². The maximum Gasteiger partial charge on any atom is 0.296 e. The summed E-state index contributed by atoms with van der Waals surface area (Å²) in [7, 11) is -4.71. The molecular weight excluding hydrogens is 538 g/mol. The number of nitrogens with one attached hydrogen (secondary N) is 5. The van der Waals surface area contributed by atoms with Crippen LogP contribution in [-0.2, 0) is 26.0 Å². The number of guanidine groups is 1. The number of primary amides is 1. The molecule has 9 N–H and O–H groups in total. The Morgan fingerprint density at radius 2 is 1.67 bits per heavy atom. The van der Waals surface area contributed by atoms with E-state index in [1.54, 1.807) is 30.3 Å². The molecule has 0 spiro atoms. The van der Waals surface area contributed by atoms with E-state index in [2.05, 4.69) is 16.1 Å². The van der Waals surface area contributed by atoms with E-state index in [1.165, 1.54) is 0 Å². The number of carbonyl (C=O) groups is 2. The fourth-order valence-corrected chi connectivity index (χ4v) is 4.40. The molecule has 0 bridgehead atoms. The number of non-ortho nitro benzene ring substituents is 1. The average molecular weight is 566 g/mol. The Morgan fingerprint density at radius 1 is 1.00 bits per heavy atom. The zero-order chi connectivity index (χ0) is 29.2. The van der Waals surface area contributed by atoms with Crippen LogP contribution in [0.3, 0.4) is 0 Å². The van der Waals surface area contributed by atoms with E-state index in [4.69, 9.17) is 16.9 Å². The maximum atomic E-state index is 13.0. The van der Waals surface area contributed by atoms with E-state index in [0.717, 1.165) is 6.07 Å². The van der Waals surface area contributed by atoms with Crippen molar-refractivity contribution in [2.24, 2.45) is 11.5 Å². The molecule has 0 unspecified atom stereocenters. The van der Waals surface area contributed by atoms with E-state index in [1.807, 2.05) is 4.83 Å². The van der Waals surface area contributed by atoms with Crippen molar-refractivity contribution < 1.29 is 27.9 Å². The van der Waals surface area contributed by atoms with E-state index in [-0.39, 0.29) is 31.8 Å². The fourth-order valence-electron chi connectivity index (χ4n) is 3.34. The predicted molar refractivity (Wildman–Crippen MR) is 137 cm³/mol. The third-order valence-corrected chi connectivity index (χ3v) is 6.56. The van der Waals surface area contributed by atoms with Gasteiger partial charge in [-0.05, 0) is 24.5 Å². The van der Waals surface area contributed by atoms with Gasteiger partial charge in [-0.1, -0.05) is 30.3 Å². The molecule has 17 nitrogen and oxygen atoms in total. The second-order valence-electron chi connectivity index (χ2n) is 8.10. The van der Waals surface area contributed by atoms with Crippen LogP contribution in [-0.4, -0.2) is 54.7 Å². The SMILES string of the molecule is N=C(N)NCCC[C@H](NNS(=O)(=O)c1ccc([N+](=O)[O-])cc1[N+](=O)[O-])C(=O)N[C@@H](Cc1ccccc1)C(N)=O. The van der Waals surface area contributed by atoms with Crippen LogP contribution >= 0.6 is 0 Å². The predicted octanol–water partition coefficient (Wildman–Crippen LogP) is -0.869. The molecule has 0 radical (unpaired) electrons. The first-order chi connectivity index (χ1) is 18.3. The van der Waals surface area contributed by atoms with Gasteiger partial charge >= 0.3 is 0 Å². The number of nitro groups is 2. The molecule has 39 heavy (non-hydrogen) atoms. The van der Waals surface area contributed by atoms with Crippen LogP contribution in [0.2, 0.25) is 0 Å². The number of nitrogens with zero attached hydrogens (tertiary/aromatic N) is 2. The fraction of sp³-hybridized carbons (Fsp3) is 0.286. The Bertz CT molecular complexity index is 1340. The summed E-state index contributed by atoms with van der Waals surface area (Å²) < 4.78 is 25.7. The monoisotopic (exact) mass is 565 g/mol. The summed E-state index contributed by atoms with van der Waals surface area (Å²) in [6.45, 7) is 0.143. The number of nitrogens with two attached hydrogens (primary N) is 2. The molecule has 2 aromatic carbocycles. The first-order valence-electron chi connectivity index (χ1n) is 11.2. The van der Waals surface area contributed by atoms with Crippen molar-refractivity contribution in [1.82, 2.24) is 20.9 Å². The number of nitro benzene ring substituents is 2. The molecule has 18 heteroatoms. The number of hydrogen-bond acceptors (Lipinski definition) is 10. The van der Waals surface area contributed by atoms with Crippen LogP contribution < -0.4 is 32.4 Å². The maximum absolute atomic E-state index is 13.0. The Labute approximate surface area is 222 Å². The highest BCUT2D eigenvalue weighted by Gasteiger charge is 2.31. The second kappa shape index (κ2) is 13.7. The van der Waals surface area contributed by atoms with E-state index < -0.39 is 60.0 Å². The Kier molecular flexibility index (Phi) is 10.8. The van der Waals surface area contributed by atoms with Gasteiger partial charge < -0.3 is 22.1 Å². The largest absolute Gasteiger partial charge is 0.370 e. The summed E-state index contributed by atoms with van der Waals surface area (Å²) in [6.07, 6.45) is 0.207. The molecule has 0 heterocycles. The van der Waals surface area contributed by atoms with Gasteiger partial charge in [-0.2, -0.15) is 0 Å². The van der Waals surface area contributed by atoms with Crippen LogP contribution in [0.1, 0.15) is 18.4 Å². The molecule has 210 valence electrons. The van der Waals surface area contributed by atoms with E-state index in [0.29, 0.717) is 17.7 Å². The van der Waals surface area contributed by atoms with Gasteiger partial charge in [-0.3, -0.25) is 35.2 Å². The molecule has 2 atom stereocenters. The first kappa shape index (κ1) is 30.5. The topological polar surface area (TPSA) is 279 Å². The van der Waals surface area contributed by atoms with Gasteiger partial charge in [0.25, 0.3) is 21.4 Å². The zero-order valence-electron chi connectivity index (χ0n) is 20.3. The highest BCUT2D eigenvalue weighted by Crippen LogP contribution is 2.28. The number of sulfonamides is 1. The number of carbonyl (C=O) groups excluding carboxylic acids is 2. The molecule has 2 aromatic rings. The number of hydrogen-bond donors (Lipinski definition) is 7. The summed E-state index contributed by atoms with van der Waals surface area (Å²) >= 11 is 0. The van der Waals surface area contributed by atoms with Gasteiger partial charge in [0, 0.05) is 19.0 Å². The lowest BCUT2D eigenvalue weighted by atomic mass is 10.0. The number of amides is 2. The van der Waals surface area contributed by atoms with Gasteiger partial charge in [-0.25, -0.2) is 13.8 Å². The lowest BCUT2D eigenvalue weighted by Gasteiger charge is -2.22.